The molecule has 2 nitrogen and oxygen atoms in total. The Morgan fingerprint density at radius 1 is 1.75 bits per heavy atom. The van der Waals surface area contributed by atoms with Crippen LogP contribution in [0.1, 0.15) is 7.77 Å². The third-order valence-corrected chi connectivity index (χ3v) is 0.872. The summed E-state index contributed by atoms with van der Waals surface area (Å²) in [5.74, 6) is 0. The molecule has 0 bridgehead atoms. The van der Waals surface area contributed by atoms with Crippen molar-refractivity contribution in [1.29, 1.82) is 0 Å². The van der Waals surface area contributed by atoms with Crippen molar-refractivity contribution < 1.29 is 6.16 Å². The van der Waals surface area contributed by atoms with Crippen molar-refractivity contribution in [2.24, 2.45) is 0 Å². The van der Waals surface area contributed by atoms with Gasteiger partial charge in [-0.15, -0.1) is 0 Å². The molecular weight excluding hydrogens is 100 g/mol. The fourth-order valence-corrected chi connectivity index (χ4v) is 0.495. The fraction of sp³-hybridized carbons (Fsp3) is 0.167. The van der Waals surface area contributed by atoms with Crippen molar-refractivity contribution in [3.05, 3.63) is 29.8 Å². The highest BCUT2D eigenvalue weighted by Gasteiger charge is 1.99. The standard InChI is InChI=1S/C6H6N2/c7-8-6-4-2-1-3-5-6/h1-4H,5H2/i5D. The monoisotopic (exact) mass is 107 g/mol. The Kier molecular flexibility index (Phi) is 1.07. The van der Waals surface area contributed by atoms with E-state index in [1.807, 2.05) is 0 Å². The lowest BCUT2D eigenvalue weighted by atomic mass is 10.2. The highest BCUT2D eigenvalue weighted by atomic mass is 14.8. The molecule has 0 radical (unpaired) electrons. The van der Waals surface area contributed by atoms with Crippen LogP contribution in [-0.2, 0) is 0 Å². The van der Waals surface area contributed by atoms with Crippen LogP contribution in [0.2, 0.25) is 0 Å². The summed E-state index contributed by atoms with van der Waals surface area (Å²) in [6.45, 7) is 0. The maximum atomic E-state index is 8.24. The maximum absolute atomic E-state index is 8.24. The average molecular weight is 107 g/mol. The van der Waals surface area contributed by atoms with E-state index in [0.29, 0.717) is 5.71 Å². The molecule has 0 aromatic heterocycles. The number of nitrogens with zero attached hydrogens (tertiary/aromatic N) is 2. The van der Waals surface area contributed by atoms with Crippen molar-refractivity contribution in [3.8, 4) is 0 Å². The minimum atomic E-state index is -0.500. The molecule has 1 aliphatic carbocycles. The quantitative estimate of drug-likeness (QED) is 0.329. The molecule has 1 atom stereocenters. The van der Waals surface area contributed by atoms with Gasteiger partial charge in [0.1, 0.15) is 0 Å². The number of rotatable bonds is 0. The van der Waals surface area contributed by atoms with E-state index in [-0.39, 0.29) is 0 Å². The number of allylic oxidation sites excluding steroid dienone is 4. The van der Waals surface area contributed by atoms with Gasteiger partial charge in [-0.3, -0.25) is 0 Å². The van der Waals surface area contributed by atoms with Crippen LogP contribution in [0.5, 0.6) is 0 Å². The molecule has 0 amide bonds. The molecular formula is C6H6N2. The molecule has 0 saturated heterocycles. The second-order valence-electron chi connectivity index (χ2n) is 1.44. The lowest BCUT2D eigenvalue weighted by Crippen LogP contribution is -1.93. The van der Waals surface area contributed by atoms with Crippen LogP contribution in [0.15, 0.2) is 24.3 Å². The molecule has 1 aliphatic rings. The molecule has 0 aliphatic heterocycles. The Hall–Kier alpha value is -1.14. The summed E-state index contributed by atoms with van der Waals surface area (Å²) >= 11 is 0. The Labute approximate surface area is 49.2 Å². The summed E-state index contributed by atoms with van der Waals surface area (Å²) < 4.78 is 7.20. The zero-order valence-electron chi connectivity index (χ0n) is 5.28. The van der Waals surface area contributed by atoms with Gasteiger partial charge in [-0.25, -0.2) is 0 Å². The zero-order chi connectivity index (χ0) is 6.69. The highest BCUT2D eigenvalue weighted by Crippen LogP contribution is 1.94. The smallest absolute Gasteiger partial charge is 0.295 e. The van der Waals surface area contributed by atoms with Gasteiger partial charge in [0.25, 0.3) is 5.71 Å². The van der Waals surface area contributed by atoms with E-state index in [9.17, 15) is 0 Å². The largest absolute Gasteiger partial charge is 0.361 e. The van der Waals surface area contributed by atoms with Gasteiger partial charge < -0.3 is 5.53 Å². The van der Waals surface area contributed by atoms with Crippen molar-refractivity contribution in [3.63, 3.8) is 0 Å². The van der Waals surface area contributed by atoms with Crippen molar-refractivity contribution in [1.82, 2.24) is 0 Å². The summed E-state index contributed by atoms with van der Waals surface area (Å²) in [6.07, 6.45) is 6.25. The average Bonchev–Trinajstić information content (AvgIpc) is 1.89. The third-order valence-electron chi connectivity index (χ3n) is 0.872. The van der Waals surface area contributed by atoms with Crippen LogP contribution in [0.4, 0.5) is 0 Å². The molecule has 40 valence electrons. The van der Waals surface area contributed by atoms with Gasteiger partial charge >= 0.3 is 0 Å². The molecule has 0 spiro atoms. The first-order chi connectivity index (χ1) is 4.34. The fourth-order valence-electron chi connectivity index (χ4n) is 0.495. The minimum absolute atomic E-state index is 0.387. The molecule has 1 unspecified atom stereocenters. The summed E-state index contributed by atoms with van der Waals surface area (Å²) in [4.78, 5) is 2.92. The van der Waals surface area contributed by atoms with E-state index >= 15 is 0 Å². The first kappa shape index (κ1) is 3.81. The minimum Gasteiger partial charge on any atom is -0.361 e. The first-order valence-corrected chi connectivity index (χ1v) is 2.33. The molecule has 8 heavy (non-hydrogen) atoms. The topological polar surface area (TPSA) is 36.4 Å². The summed E-state index contributed by atoms with van der Waals surface area (Å²) in [5, 5.41) is 0. The van der Waals surface area contributed by atoms with Gasteiger partial charge in [-0.05, 0) is 0 Å². The molecule has 0 saturated carbocycles. The highest BCUT2D eigenvalue weighted by molar-refractivity contribution is 5.92. The van der Waals surface area contributed by atoms with E-state index < -0.39 is 6.40 Å². The predicted molar refractivity (Wildman–Crippen MR) is 31.5 cm³/mol. The molecule has 1 rings (SSSR count). The predicted octanol–water partition coefficient (Wildman–Crippen LogP) is 1.17. The summed E-state index contributed by atoms with van der Waals surface area (Å²) in [6, 6.07) is 0. The van der Waals surface area contributed by atoms with Gasteiger partial charge in [0.15, 0.2) is 0 Å². The van der Waals surface area contributed by atoms with Gasteiger partial charge in [0, 0.05) is 7.45 Å². The van der Waals surface area contributed by atoms with E-state index in [1.165, 1.54) is 0 Å². The zero-order valence-corrected chi connectivity index (χ0v) is 4.28. The normalized spacial score (nSPS) is 27.2. The Morgan fingerprint density at radius 3 is 3.12 bits per heavy atom. The van der Waals surface area contributed by atoms with Crippen molar-refractivity contribution in [2.45, 2.75) is 6.40 Å². The van der Waals surface area contributed by atoms with Crippen LogP contribution in [-0.4, -0.2) is 10.5 Å². The summed E-state index contributed by atoms with van der Waals surface area (Å²) in [7, 11) is 0. The van der Waals surface area contributed by atoms with Crippen molar-refractivity contribution in [2.75, 3.05) is 0 Å². The van der Waals surface area contributed by atoms with E-state index in [2.05, 4.69) is 4.79 Å². The maximum Gasteiger partial charge on any atom is 0.295 e. The Bertz CT molecular complexity index is 211. The Morgan fingerprint density at radius 2 is 2.62 bits per heavy atom. The molecule has 0 heterocycles. The molecule has 0 fully saturated rings. The van der Waals surface area contributed by atoms with Crippen LogP contribution < -0.4 is 0 Å². The molecule has 0 N–H and O–H groups in total. The van der Waals surface area contributed by atoms with E-state index in [4.69, 9.17) is 6.90 Å². The Balaban J connectivity index is 2.90. The van der Waals surface area contributed by atoms with Crippen LogP contribution in [0.3, 0.4) is 0 Å². The van der Waals surface area contributed by atoms with Crippen LogP contribution >= 0.6 is 0 Å². The van der Waals surface area contributed by atoms with Gasteiger partial charge in [0.2, 0.25) is 0 Å². The molecule has 0 aromatic rings. The number of hydrogen-bond donors (Lipinski definition) is 0. The van der Waals surface area contributed by atoms with E-state index in [1.54, 1.807) is 24.3 Å². The number of hydrogen-bond acceptors (Lipinski definition) is 0. The van der Waals surface area contributed by atoms with Gasteiger partial charge in [-0.2, -0.15) is 4.79 Å². The summed E-state index contributed by atoms with van der Waals surface area (Å²) in [5.41, 5.74) is 8.63. The van der Waals surface area contributed by atoms with Crippen LogP contribution in [0.25, 0.3) is 5.53 Å². The lowest BCUT2D eigenvalue weighted by Gasteiger charge is -1.85. The van der Waals surface area contributed by atoms with Gasteiger partial charge in [0.05, 0.1) is 6.40 Å². The second-order valence-corrected chi connectivity index (χ2v) is 1.44. The lowest BCUT2D eigenvalue weighted by molar-refractivity contribution is -0.00537. The first-order valence-electron chi connectivity index (χ1n) is 2.91. The van der Waals surface area contributed by atoms with E-state index in [0.717, 1.165) is 0 Å². The molecule has 0 aromatic carbocycles. The molecule has 2 heteroatoms. The van der Waals surface area contributed by atoms with Gasteiger partial charge in [-0.1, -0.05) is 18.2 Å². The van der Waals surface area contributed by atoms with Crippen molar-refractivity contribution >= 4 is 5.71 Å². The second kappa shape index (κ2) is 2.24. The third kappa shape index (κ3) is 0.922. The SMILES string of the molecule is [2H]C1C=CC=CC1=[N+]=[N-]. The van der Waals surface area contributed by atoms with Crippen LogP contribution in [0, 0.1) is 0 Å².